The third-order valence-electron chi connectivity index (χ3n) is 3.86. The molecule has 0 aromatic rings. The fourth-order valence-electron chi connectivity index (χ4n) is 2.52. The minimum Gasteiger partial charge on any atom is -0.481 e. The Hall–Kier alpha value is -1.26. The lowest BCUT2D eigenvalue weighted by molar-refractivity contribution is -0.137. The molecule has 0 spiro atoms. The van der Waals surface area contributed by atoms with E-state index in [0.29, 0.717) is 24.8 Å². The van der Waals surface area contributed by atoms with Gasteiger partial charge in [-0.15, -0.1) is 0 Å². The molecule has 5 nitrogen and oxygen atoms in total. The molecule has 0 heterocycles. The first kappa shape index (κ1) is 19.7. The lowest BCUT2D eigenvalue weighted by atomic mass is 9.94. The van der Waals surface area contributed by atoms with E-state index in [0.717, 1.165) is 25.7 Å². The van der Waals surface area contributed by atoms with E-state index in [1.165, 1.54) is 0 Å². The first-order valence-electron chi connectivity index (χ1n) is 8.16. The zero-order valence-electron chi connectivity index (χ0n) is 13.9. The number of nitrogens with one attached hydrogen (secondary N) is 2. The van der Waals surface area contributed by atoms with Gasteiger partial charge in [-0.3, -0.25) is 4.79 Å². The minimum atomic E-state index is -0.746. The van der Waals surface area contributed by atoms with Crippen molar-refractivity contribution in [2.24, 2.45) is 11.8 Å². The number of carboxylic acid groups (broad SMARTS) is 1. The zero-order chi connectivity index (χ0) is 16.3. The third-order valence-corrected chi connectivity index (χ3v) is 3.86. The number of amides is 2. The number of hydrogen-bond donors (Lipinski definition) is 3. The summed E-state index contributed by atoms with van der Waals surface area (Å²) in [6.45, 7) is 8.95. The monoisotopic (exact) mass is 300 g/mol. The number of carbonyl (C=O) groups excluding carboxylic acids is 1. The molecule has 0 aliphatic carbocycles. The van der Waals surface area contributed by atoms with E-state index in [4.69, 9.17) is 5.11 Å². The number of hydrogen-bond acceptors (Lipinski definition) is 2. The zero-order valence-corrected chi connectivity index (χ0v) is 13.9. The number of aliphatic carboxylic acids is 1. The molecule has 2 amide bonds. The van der Waals surface area contributed by atoms with E-state index in [9.17, 15) is 9.59 Å². The maximum Gasteiger partial charge on any atom is 0.315 e. The molecule has 124 valence electrons. The fourth-order valence-corrected chi connectivity index (χ4v) is 2.52. The maximum absolute atomic E-state index is 11.8. The topological polar surface area (TPSA) is 78.4 Å². The van der Waals surface area contributed by atoms with Crippen LogP contribution in [0.2, 0.25) is 0 Å². The van der Waals surface area contributed by atoms with Gasteiger partial charge < -0.3 is 15.7 Å². The summed E-state index contributed by atoms with van der Waals surface area (Å²) in [7, 11) is 0. The first-order valence-corrected chi connectivity index (χ1v) is 8.16. The molecule has 0 fully saturated rings. The molecule has 0 aromatic heterocycles. The predicted octanol–water partition coefficient (Wildman–Crippen LogP) is 3.39. The van der Waals surface area contributed by atoms with Gasteiger partial charge in [0.2, 0.25) is 0 Å². The molecule has 0 rings (SSSR count). The van der Waals surface area contributed by atoms with E-state index in [1.807, 2.05) is 0 Å². The summed E-state index contributed by atoms with van der Waals surface area (Å²) in [5.74, 6) is 0.0483. The van der Waals surface area contributed by atoms with Crippen LogP contribution in [0.15, 0.2) is 0 Å². The van der Waals surface area contributed by atoms with Crippen LogP contribution in [0.4, 0.5) is 4.79 Å². The van der Waals surface area contributed by atoms with Crippen molar-refractivity contribution in [2.45, 2.75) is 72.3 Å². The highest BCUT2D eigenvalue weighted by atomic mass is 16.4. The van der Waals surface area contributed by atoms with Gasteiger partial charge >= 0.3 is 12.0 Å². The van der Waals surface area contributed by atoms with Crippen molar-refractivity contribution in [1.82, 2.24) is 10.6 Å². The molecular weight excluding hydrogens is 268 g/mol. The van der Waals surface area contributed by atoms with Crippen LogP contribution in [0.5, 0.6) is 0 Å². The average Bonchev–Trinajstić information content (AvgIpc) is 2.41. The molecule has 21 heavy (non-hydrogen) atoms. The SMILES string of the molecule is CCCC(CCNC(=O)NC(CC)C(C)C)CCC(=O)O. The van der Waals surface area contributed by atoms with E-state index < -0.39 is 5.97 Å². The summed E-state index contributed by atoms with van der Waals surface area (Å²) in [5.41, 5.74) is 0. The highest BCUT2D eigenvalue weighted by molar-refractivity contribution is 5.74. The fraction of sp³-hybridized carbons (Fsp3) is 0.875. The van der Waals surface area contributed by atoms with Crippen LogP contribution < -0.4 is 10.6 Å². The van der Waals surface area contributed by atoms with Gasteiger partial charge in [0.15, 0.2) is 0 Å². The first-order chi connectivity index (χ1) is 9.90. The largest absolute Gasteiger partial charge is 0.481 e. The van der Waals surface area contributed by atoms with Crippen molar-refractivity contribution in [3.05, 3.63) is 0 Å². The molecule has 0 aliphatic heterocycles. The van der Waals surface area contributed by atoms with Gasteiger partial charge in [0.05, 0.1) is 0 Å². The molecule has 0 aromatic carbocycles. The Kier molecular flexibility index (Phi) is 10.7. The van der Waals surface area contributed by atoms with Crippen molar-refractivity contribution >= 4 is 12.0 Å². The second-order valence-electron chi connectivity index (χ2n) is 6.03. The number of rotatable bonds is 11. The van der Waals surface area contributed by atoms with Crippen LogP contribution in [-0.4, -0.2) is 29.7 Å². The van der Waals surface area contributed by atoms with Crippen LogP contribution in [0, 0.1) is 11.8 Å². The summed E-state index contributed by atoms with van der Waals surface area (Å²) in [6.07, 6.45) is 4.72. The Morgan fingerprint density at radius 3 is 2.24 bits per heavy atom. The van der Waals surface area contributed by atoms with Gasteiger partial charge in [-0.25, -0.2) is 4.79 Å². The molecule has 2 unspecified atom stereocenters. The standard InChI is InChI=1S/C16H32N2O3/c1-5-7-13(8-9-15(19)20)10-11-17-16(21)18-14(6-2)12(3)4/h12-14H,5-11H2,1-4H3,(H,19,20)(H2,17,18,21). The molecule has 3 N–H and O–H groups in total. The number of urea groups is 1. The molecule has 0 bridgehead atoms. The van der Waals surface area contributed by atoms with E-state index in [1.54, 1.807) is 0 Å². The Morgan fingerprint density at radius 2 is 1.76 bits per heavy atom. The summed E-state index contributed by atoms with van der Waals surface area (Å²) < 4.78 is 0. The third kappa shape index (κ3) is 10.2. The molecule has 0 aliphatic rings. The van der Waals surface area contributed by atoms with Gasteiger partial charge in [-0.1, -0.05) is 40.5 Å². The van der Waals surface area contributed by atoms with Gasteiger partial charge in [-0.2, -0.15) is 0 Å². The van der Waals surface area contributed by atoms with Crippen molar-refractivity contribution in [1.29, 1.82) is 0 Å². The van der Waals surface area contributed by atoms with Crippen LogP contribution in [0.3, 0.4) is 0 Å². The smallest absolute Gasteiger partial charge is 0.315 e. The van der Waals surface area contributed by atoms with Crippen molar-refractivity contribution < 1.29 is 14.7 Å². The summed E-state index contributed by atoms with van der Waals surface area (Å²) in [4.78, 5) is 22.4. The van der Waals surface area contributed by atoms with Gasteiger partial charge in [0, 0.05) is 19.0 Å². The number of carboxylic acids is 1. The Balaban J connectivity index is 4.01. The van der Waals surface area contributed by atoms with Gasteiger partial charge in [0.1, 0.15) is 0 Å². The molecule has 0 radical (unpaired) electrons. The average molecular weight is 300 g/mol. The van der Waals surface area contributed by atoms with Crippen LogP contribution in [-0.2, 0) is 4.79 Å². The lowest BCUT2D eigenvalue weighted by Gasteiger charge is -2.21. The van der Waals surface area contributed by atoms with Crippen LogP contribution >= 0.6 is 0 Å². The Bertz CT molecular complexity index is 306. The molecular formula is C16H32N2O3. The maximum atomic E-state index is 11.8. The number of carbonyl (C=O) groups is 2. The van der Waals surface area contributed by atoms with Crippen LogP contribution in [0.1, 0.15) is 66.2 Å². The highest BCUT2D eigenvalue weighted by Gasteiger charge is 2.14. The highest BCUT2D eigenvalue weighted by Crippen LogP contribution is 2.17. The second kappa shape index (κ2) is 11.4. The summed E-state index contributed by atoms with van der Waals surface area (Å²) >= 11 is 0. The van der Waals surface area contributed by atoms with Gasteiger partial charge in [-0.05, 0) is 31.1 Å². The molecule has 0 saturated carbocycles. The van der Waals surface area contributed by atoms with E-state index in [2.05, 4.69) is 38.3 Å². The van der Waals surface area contributed by atoms with Crippen LogP contribution in [0.25, 0.3) is 0 Å². The Labute approximate surface area is 128 Å². The Morgan fingerprint density at radius 1 is 1.10 bits per heavy atom. The van der Waals surface area contributed by atoms with Crippen molar-refractivity contribution in [3.63, 3.8) is 0 Å². The van der Waals surface area contributed by atoms with Crippen molar-refractivity contribution in [2.75, 3.05) is 6.54 Å². The molecule has 2 atom stereocenters. The summed E-state index contributed by atoms with van der Waals surface area (Å²) in [6, 6.07) is 0.0764. The predicted molar refractivity (Wildman–Crippen MR) is 85.3 cm³/mol. The quantitative estimate of drug-likeness (QED) is 0.547. The molecule has 5 heteroatoms. The normalized spacial score (nSPS) is 13.8. The lowest BCUT2D eigenvalue weighted by Crippen LogP contribution is -2.44. The second-order valence-corrected chi connectivity index (χ2v) is 6.03. The van der Waals surface area contributed by atoms with Crippen molar-refractivity contribution in [3.8, 4) is 0 Å². The molecule has 0 saturated heterocycles. The van der Waals surface area contributed by atoms with E-state index >= 15 is 0 Å². The van der Waals surface area contributed by atoms with E-state index in [-0.39, 0.29) is 18.5 Å². The minimum absolute atomic E-state index is 0.121. The summed E-state index contributed by atoms with van der Waals surface area (Å²) in [5, 5.41) is 14.6. The van der Waals surface area contributed by atoms with Gasteiger partial charge in [0.25, 0.3) is 0 Å².